The summed E-state index contributed by atoms with van der Waals surface area (Å²) >= 11 is 0. The van der Waals surface area contributed by atoms with Crippen LogP contribution in [0.4, 0.5) is 0 Å². The molecule has 3 heteroatoms. The molecule has 5 aliphatic rings. The monoisotopic (exact) mass is 458 g/mol. The Balaban J connectivity index is 1.59. The number of allylic oxidation sites excluding steroid dienone is 1. The smallest absolute Gasteiger partial charge is 0.0649 e. The highest BCUT2D eigenvalue weighted by atomic mass is 16.3. The van der Waals surface area contributed by atoms with E-state index in [-0.39, 0.29) is 39.6 Å². The predicted octanol–water partition coefficient (Wildman–Crippen LogP) is 5.83. The fraction of sp³-hybridized carbons (Fsp3) is 0.933. The van der Waals surface area contributed by atoms with Crippen molar-refractivity contribution in [2.24, 2.45) is 62.6 Å². The number of fused-ring (bicyclic) bond motifs is 7. The summed E-state index contributed by atoms with van der Waals surface area (Å²) < 4.78 is 0. The van der Waals surface area contributed by atoms with Gasteiger partial charge in [-0.15, -0.1) is 0 Å². The van der Waals surface area contributed by atoms with Crippen molar-refractivity contribution in [1.82, 2.24) is 0 Å². The molecule has 0 radical (unpaired) electrons. The number of aliphatic hydroxyl groups is 3. The van der Waals surface area contributed by atoms with Gasteiger partial charge in [-0.2, -0.15) is 0 Å². The molecule has 188 valence electrons. The second-order valence-electron chi connectivity index (χ2n) is 14.6. The van der Waals surface area contributed by atoms with Gasteiger partial charge < -0.3 is 15.3 Å². The van der Waals surface area contributed by atoms with Gasteiger partial charge in [0.15, 0.2) is 0 Å². The van der Waals surface area contributed by atoms with Crippen LogP contribution in [0.25, 0.3) is 0 Å². The van der Waals surface area contributed by atoms with Crippen molar-refractivity contribution in [1.29, 1.82) is 0 Å². The molecule has 5 fully saturated rings. The highest BCUT2D eigenvalue weighted by Crippen LogP contribution is 2.78. The van der Waals surface area contributed by atoms with Gasteiger partial charge in [-0.1, -0.05) is 46.8 Å². The standard InChI is InChI=1S/C30H50O3/c1-18(2)19-10-13-30(17-32)15-14-27(5)20(24(19)30)8-9-23-28(27,6)12-11-22-26(3,4)25(33)21(16-31)29(22,23)7/h19-25,31-33H,1,8-17H2,2-7H3/t19-,20+,21-,22-,23-,24+,25-,27+,28+,29-,30+/m0/s1. The summed E-state index contributed by atoms with van der Waals surface area (Å²) in [6, 6.07) is 0. The van der Waals surface area contributed by atoms with Crippen molar-refractivity contribution >= 4 is 0 Å². The van der Waals surface area contributed by atoms with E-state index in [2.05, 4.69) is 48.1 Å². The molecular formula is C30H50O3. The Bertz CT molecular complexity index is 819. The normalized spacial score (nSPS) is 57.1. The molecule has 5 rings (SSSR count). The van der Waals surface area contributed by atoms with Crippen molar-refractivity contribution in [3.63, 3.8) is 0 Å². The van der Waals surface area contributed by atoms with Crippen LogP contribution in [0.5, 0.6) is 0 Å². The zero-order chi connectivity index (χ0) is 24.2. The second-order valence-corrected chi connectivity index (χ2v) is 14.6. The lowest BCUT2D eigenvalue weighted by molar-refractivity contribution is -0.229. The lowest BCUT2D eigenvalue weighted by atomic mass is 9.34. The van der Waals surface area contributed by atoms with E-state index >= 15 is 0 Å². The molecule has 0 aliphatic heterocycles. The van der Waals surface area contributed by atoms with Crippen molar-refractivity contribution in [2.45, 2.75) is 99.0 Å². The predicted molar refractivity (Wildman–Crippen MR) is 133 cm³/mol. The summed E-state index contributed by atoms with van der Waals surface area (Å²) in [5.41, 5.74) is 1.70. The molecule has 0 saturated heterocycles. The van der Waals surface area contributed by atoms with Gasteiger partial charge in [0, 0.05) is 19.1 Å². The van der Waals surface area contributed by atoms with Gasteiger partial charge in [0.25, 0.3) is 0 Å². The van der Waals surface area contributed by atoms with Crippen molar-refractivity contribution in [3.8, 4) is 0 Å². The highest BCUT2D eigenvalue weighted by Gasteiger charge is 2.73. The number of aliphatic hydroxyl groups excluding tert-OH is 3. The van der Waals surface area contributed by atoms with Crippen LogP contribution in [-0.2, 0) is 0 Å². The Morgan fingerprint density at radius 3 is 2.15 bits per heavy atom. The largest absolute Gasteiger partial charge is 0.396 e. The van der Waals surface area contributed by atoms with Crippen LogP contribution in [-0.4, -0.2) is 34.6 Å². The van der Waals surface area contributed by atoms with Gasteiger partial charge in [0.2, 0.25) is 0 Å². The zero-order valence-corrected chi connectivity index (χ0v) is 22.2. The van der Waals surface area contributed by atoms with Crippen LogP contribution in [0, 0.1) is 62.6 Å². The lowest BCUT2D eigenvalue weighted by Gasteiger charge is -2.71. The quantitative estimate of drug-likeness (QED) is 0.467. The molecule has 3 nitrogen and oxygen atoms in total. The summed E-state index contributed by atoms with van der Waals surface area (Å²) in [7, 11) is 0. The van der Waals surface area contributed by atoms with Gasteiger partial charge >= 0.3 is 0 Å². The van der Waals surface area contributed by atoms with Crippen LogP contribution in [0.15, 0.2) is 12.2 Å². The van der Waals surface area contributed by atoms with Crippen LogP contribution in [0.1, 0.15) is 92.9 Å². The summed E-state index contributed by atoms with van der Waals surface area (Å²) in [5, 5.41) is 32.6. The number of hydrogen-bond donors (Lipinski definition) is 3. The van der Waals surface area contributed by atoms with Crippen molar-refractivity contribution in [2.75, 3.05) is 13.2 Å². The third-order valence-electron chi connectivity index (χ3n) is 13.8. The van der Waals surface area contributed by atoms with E-state index in [1.165, 1.54) is 37.7 Å². The first-order chi connectivity index (χ1) is 15.3. The first kappa shape index (κ1) is 24.3. The van der Waals surface area contributed by atoms with Crippen LogP contribution >= 0.6 is 0 Å². The molecule has 3 N–H and O–H groups in total. The van der Waals surface area contributed by atoms with Gasteiger partial charge in [-0.25, -0.2) is 0 Å². The van der Waals surface area contributed by atoms with E-state index in [1.54, 1.807) is 0 Å². The Labute approximate surface area is 202 Å². The topological polar surface area (TPSA) is 60.7 Å². The van der Waals surface area contributed by atoms with E-state index in [4.69, 9.17) is 0 Å². The zero-order valence-electron chi connectivity index (χ0n) is 22.2. The van der Waals surface area contributed by atoms with E-state index < -0.39 is 6.10 Å². The molecule has 0 aromatic heterocycles. The van der Waals surface area contributed by atoms with E-state index in [9.17, 15) is 15.3 Å². The summed E-state index contributed by atoms with van der Waals surface area (Å²) in [6.45, 7) is 19.2. The maximum Gasteiger partial charge on any atom is 0.0649 e. The molecule has 0 aromatic carbocycles. The molecule has 0 spiro atoms. The molecule has 0 heterocycles. The third-order valence-corrected chi connectivity index (χ3v) is 13.8. The average Bonchev–Trinajstić information content (AvgIpc) is 3.21. The molecule has 11 atom stereocenters. The fourth-order valence-electron chi connectivity index (χ4n) is 11.9. The van der Waals surface area contributed by atoms with Gasteiger partial charge in [-0.3, -0.25) is 0 Å². The van der Waals surface area contributed by atoms with E-state index in [1.807, 2.05) is 0 Å². The maximum absolute atomic E-state index is 11.4. The number of rotatable bonds is 3. The minimum absolute atomic E-state index is 0.0202. The molecule has 0 amide bonds. The Morgan fingerprint density at radius 2 is 1.55 bits per heavy atom. The SMILES string of the molecule is C=C(C)[C@@H]1CC[C@]2(CO)CC[C@]3(C)[C@H](CC[C@@H]4[C@@]5(C)[C@@H](CO)[C@H](O)C(C)(C)[C@@H]5CC[C@]43C)[C@@H]12. The molecule has 0 aromatic rings. The van der Waals surface area contributed by atoms with Crippen molar-refractivity contribution in [3.05, 3.63) is 12.2 Å². The summed E-state index contributed by atoms with van der Waals surface area (Å²) in [5.74, 6) is 2.70. The van der Waals surface area contributed by atoms with Gasteiger partial charge in [0.05, 0.1) is 6.10 Å². The highest BCUT2D eigenvalue weighted by molar-refractivity contribution is 5.23. The minimum atomic E-state index is -0.429. The summed E-state index contributed by atoms with van der Waals surface area (Å²) in [6.07, 6.45) is 9.09. The van der Waals surface area contributed by atoms with Gasteiger partial charge in [-0.05, 0) is 115 Å². The maximum atomic E-state index is 11.4. The lowest BCUT2D eigenvalue weighted by Crippen LogP contribution is -2.65. The van der Waals surface area contributed by atoms with Gasteiger partial charge in [0.1, 0.15) is 0 Å². The first-order valence-corrected chi connectivity index (χ1v) is 13.9. The second kappa shape index (κ2) is 7.32. The molecule has 0 bridgehead atoms. The average molecular weight is 459 g/mol. The molecule has 5 saturated carbocycles. The van der Waals surface area contributed by atoms with E-state index in [0.717, 1.165) is 19.3 Å². The molecular weight excluding hydrogens is 408 g/mol. The fourth-order valence-corrected chi connectivity index (χ4v) is 11.9. The Hall–Kier alpha value is -0.380. The van der Waals surface area contributed by atoms with Crippen LogP contribution in [0.3, 0.4) is 0 Å². The van der Waals surface area contributed by atoms with Crippen molar-refractivity contribution < 1.29 is 15.3 Å². The summed E-state index contributed by atoms with van der Waals surface area (Å²) in [4.78, 5) is 0. The van der Waals surface area contributed by atoms with Crippen LogP contribution < -0.4 is 0 Å². The Morgan fingerprint density at radius 1 is 0.848 bits per heavy atom. The molecule has 33 heavy (non-hydrogen) atoms. The molecule has 0 unspecified atom stereocenters. The minimum Gasteiger partial charge on any atom is -0.396 e. The first-order valence-electron chi connectivity index (χ1n) is 13.9. The van der Waals surface area contributed by atoms with E-state index in [0.29, 0.717) is 36.2 Å². The Kier molecular flexibility index (Phi) is 5.40. The molecule has 5 aliphatic carbocycles. The number of hydrogen-bond acceptors (Lipinski definition) is 3. The third kappa shape index (κ3) is 2.69. The van der Waals surface area contributed by atoms with Crippen LogP contribution in [0.2, 0.25) is 0 Å².